The van der Waals surface area contributed by atoms with E-state index >= 15 is 0 Å². The lowest BCUT2D eigenvalue weighted by Gasteiger charge is -2.21. The minimum atomic E-state index is -5.01. The number of rotatable bonds is 76. The fourth-order valence-electron chi connectivity index (χ4n) is 10.5. The molecule has 0 aromatic heterocycles. The van der Waals surface area contributed by atoms with E-state index in [-0.39, 0.29) is 25.7 Å². The van der Waals surface area contributed by atoms with E-state index in [1.54, 1.807) is 0 Å². The van der Waals surface area contributed by atoms with E-state index < -0.39 is 97.5 Å². The standard InChI is InChI=1S/C89H146O17P2/c1-5-9-13-17-21-25-29-33-36-39-41-44-47-51-54-58-62-66-70-74-87(92)100-80-85(106-89(94)76-72-68-64-60-56-52-48-45-42-40-37-34-30-26-22-18-14-10-6-2)82-104-108(97,98)102-78-83(90)77-101-107(95,96)103-81-84(105-88(93)75-71-67-63-59-55-49-32-28-24-20-16-12-8-4)79-99-86(91)73-69-65-61-57-53-50-46-43-38-35-31-27-23-19-15-11-7-3/h9-11,13-15,21-23,25-28,32-38,41-42,44-45,51,54,62,66,83-85,90H,5-8,12,16-20,24,29-31,39-40,43,46-50,52-53,55-61,63-65,67-82H2,1-4H3,(H,95,96)(H,97,98)/b13-9-,14-10-,15-11-,25-21-,26-22-,27-23-,32-28-,36-33-,37-34-,38-35-,44-41-,45-42-,54-51-,66-62-. The van der Waals surface area contributed by atoms with Crippen molar-refractivity contribution < 1.29 is 80.2 Å². The molecule has 17 nitrogen and oxygen atoms in total. The van der Waals surface area contributed by atoms with E-state index in [0.29, 0.717) is 32.1 Å². The number of carbonyl (C=O) groups excluding carboxylic acids is 4. The third kappa shape index (κ3) is 78.5. The first-order chi connectivity index (χ1) is 52.7. The van der Waals surface area contributed by atoms with Crippen LogP contribution in [0.2, 0.25) is 0 Å². The van der Waals surface area contributed by atoms with E-state index in [0.717, 1.165) is 199 Å². The molecule has 0 saturated carbocycles. The minimum Gasteiger partial charge on any atom is -0.462 e. The van der Waals surface area contributed by atoms with Crippen LogP contribution in [0.15, 0.2) is 170 Å². The van der Waals surface area contributed by atoms with Crippen molar-refractivity contribution in [2.24, 2.45) is 0 Å². The van der Waals surface area contributed by atoms with Gasteiger partial charge in [0.25, 0.3) is 0 Å². The lowest BCUT2D eigenvalue weighted by atomic mass is 10.1. The molecule has 0 rings (SSSR count). The van der Waals surface area contributed by atoms with Crippen molar-refractivity contribution >= 4 is 39.5 Å². The molecule has 3 N–H and O–H groups in total. The van der Waals surface area contributed by atoms with Crippen molar-refractivity contribution in [3.63, 3.8) is 0 Å². The van der Waals surface area contributed by atoms with Gasteiger partial charge < -0.3 is 33.8 Å². The van der Waals surface area contributed by atoms with Crippen molar-refractivity contribution in [3.8, 4) is 0 Å². The Morgan fingerprint density at radius 3 is 0.806 bits per heavy atom. The van der Waals surface area contributed by atoms with Gasteiger partial charge in [-0.1, -0.05) is 294 Å². The molecule has 0 heterocycles. The summed E-state index contributed by atoms with van der Waals surface area (Å²) in [5.41, 5.74) is 0. The molecule has 0 fully saturated rings. The Morgan fingerprint density at radius 2 is 0.500 bits per heavy atom. The van der Waals surface area contributed by atoms with Crippen LogP contribution in [-0.4, -0.2) is 96.7 Å². The molecule has 0 saturated heterocycles. The number of aliphatic hydroxyl groups excluding tert-OH is 1. The number of phosphoric ester groups is 2. The first-order valence-corrected chi connectivity index (χ1v) is 44.4. The Balaban J connectivity index is 5.46. The number of phosphoric acid groups is 2. The average Bonchev–Trinajstić information content (AvgIpc) is 0.892. The highest BCUT2D eigenvalue weighted by atomic mass is 31.2. The number of carbonyl (C=O) groups is 4. The maximum absolute atomic E-state index is 13.1. The molecule has 5 unspecified atom stereocenters. The quantitative estimate of drug-likeness (QED) is 0.0169. The molecule has 0 aliphatic carbocycles. The second kappa shape index (κ2) is 79.5. The highest BCUT2D eigenvalue weighted by molar-refractivity contribution is 7.47. The summed E-state index contributed by atoms with van der Waals surface area (Å²) in [6.07, 6.45) is 94.8. The summed E-state index contributed by atoms with van der Waals surface area (Å²) in [6.45, 7) is 4.41. The van der Waals surface area contributed by atoms with Crippen molar-refractivity contribution in [1.82, 2.24) is 0 Å². The van der Waals surface area contributed by atoms with Crippen molar-refractivity contribution in [2.75, 3.05) is 39.6 Å². The van der Waals surface area contributed by atoms with Crippen LogP contribution in [0.1, 0.15) is 310 Å². The van der Waals surface area contributed by atoms with Crippen LogP contribution in [0.4, 0.5) is 0 Å². The van der Waals surface area contributed by atoms with Gasteiger partial charge in [-0.15, -0.1) is 0 Å². The summed E-state index contributed by atoms with van der Waals surface area (Å²) in [5, 5.41) is 10.7. The zero-order chi connectivity index (χ0) is 78.9. The Morgan fingerprint density at radius 1 is 0.269 bits per heavy atom. The zero-order valence-electron chi connectivity index (χ0n) is 67.2. The molecule has 19 heteroatoms. The lowest BCUT2D eigenvalue weighted by Crippen LogP contribution is -2.30. The normalized spacial score (nSPS) is 14.7. The molecule has 0 aliphatic rings. The number of unbranched alkanes of at least 4 members (excludes halogenated alkanes) is 22. The fourth-order valence-corrected chi connectivity index (χ4v) is 12.1. The summed E-state index contributed by atoms with van der Waals surface area (Å²) in [7, 11) is -10.0. The molecule has 0 aromatic carbocycles. The topological polar surface area (TPSA) is 237 Å². The van der Waals surface area contributed by atoms with Gasteiger partial charge in [0, 0.05) is 25.7 Å². The predicted molar refractivity (Wildman–Crippen MR) is 445 cm³/mol. The summed E-state index contributed by atoms with van der Waals surface area (Å²) >= 11 is 0. The van der Waals surface area contributed by atoms with E-state index in [1.165, 1.54) is 25.7 Å². The van der Waals surface area contributed by atoms with Gasteiger partial charge in [0.05, 0.1) is 26.4 Å². The second-order valence-electron chi connectivity index (χ2n) is 26.9. The third-order valence-electron chi connectivity index (χ3n) is 16.7. The first kappa shape index (κ1) is 102. The number of ether oxygens (including phenoxy) is 4. The summed E-state index contributed by atoms with van der Waals surface area (Å²) < 4.78 is 68.6. The molecule has 0 spiro atoms. The number of allylic oxidation sites excluding steroid dienone is 28. The molecule has 0 bridgehead atoms. The van der Waals surface area contributed by atoms with Crippen LogP contribution in [-0.2, 0) is 65.4 Å². The summed E-state index contributed by atoms with van der Waals surface area (Å²) in [6, 6.07) is 0. The minimum absolute atomic E-state index is 0.0269. The van der Waals surface area contributed by atoms with Crippen LogP contribution >= 0.6 is 15.6 Å². The Labute approximate surface area is 654 Å². The monoisotopic (exact) mass is 1550 g/mol. The summed E-state index contributed by atoms with van der Waals surface area (Å²) in [5.74, 6) is -2.31. The number of aliphatic hydroxyl groups is 1. The highest BCUT2D eigenvalue weighted by Gasteiger charge is 2.30. The SMILES string of the molecule is CC/C=C\C/C=C\C/C=C\C/C=C\C/C=C\C/C=C\CCC(=O)OCC(COP(=O)(O)OCC(O)COP(=O)(O)OCC(COC(=O)CCCCCCCCC/C=C\C/C=C\C/C=C\CC)OC(=O)CCCCCCC/C=C\CCCCCC)OC(=O)CCCCCCCC/C=C\C/C=C\C/C=C\C/C=C\CC. The molecule has 0 radical (unpaired) electrons. The second-order valence-corrected chi connectivity index (χ2v) is 29.8. The van der Waals surface area contributed by atoms with Gasteiger partial charge in [-0.25, -0.2) is 9.13 Å². The third-order valence-corrected chi connectivity index (χ3v) is 18.6. The van der Waals surface area contributed by atoms with Crippen LogP contribution in [0, 0.1) is 0 Å². The number of hydrogen-bond acceptors (Lipinski definition) is 15. The van der Waals surface area contributed by atoms with Crippen LogP contribution in [0.25, 0.3) is 0 Å². The number of esters is 4. The first-order valence-electron chi connectivity index (χ1n) is 41.4. The molecular formula is C89H146O17P2. The van der Waals surface area contributed by atoms with Gasteiger partial charge in [0.15, 0.2) is 12.2 Å². The highest BCUT2D eigenvalue weighted by Crippen LogP contribution is 2.45. The molecule has 108 heavy (non-hydrogen) atoms. The van der Waals surface area contributed by atoms with E-state index in [1.807, 2.05) is 18.2 Å². The molecule has 614 valence electrons. The summed E-state index contributed by atoms with van der Waals surface area (Å²) in [4.78, 5) is 73.1. The maximum Gasteiger partial charge on any atom is 0.472 e. The molecule has 0 amide bonds. The Bertz CT molecular complexity index is 2710. The molecular weight excluding hydrogens is 1400 g/mol. The smallest absolute Gasteiger partial charge is 0.462 e. The Hall–Kier alpha value is -5.58. The van der Waals surface area contributed by atoms with Gasteiger partial charge in [0.1, 0.15) is 19.3 Å². The van der Waals surface area contributed by atoms with Crippen molar-refractivity contribution in [3.05, 3.63) is 170 Å². The Kier molecular flexibility index (Phi) is 75.4. The fraction of sp³-hybridized carbons (Fsp3) is 0.640. The van der Waals surface area contributed by atoms with Gasteiger partial charge in [-0.05, 0) is 161 Å². The number of hydrogen-bond donors (Lipinski definition) is 3. The molecule has 0 aliphatic heterocycles. The zero-order valence-corrected chi connectivity index (χ0v) is 69.0. The van der Waals surface area contributed by atoms with Crippen LogP contribution in [0.5, 0.6) is 0 Å². The predicted octanol–water partition coefficient (Wildman–Crippen LogP) is 24.6. The average molecular weight is 1550 g/mol. The van der Waals surface area contributed by atoms with Gasteiger partial charge in [-0.2, -0.15) is 0 Å². The van der Waals surface area contributed by atoms with E-state index in [9.17, 15) is 43.2 Å². The van der Waals surface area contributed by atoms with Crippen molar-refractivity contribution in [2.45, 2.75) is 329 Å². The molecule has 5 atom stereocenters. The lowest BCUT2D eigenvalue weighted by molar-refractivity contribution is -0.161. The van der Waals surface area contributed by atoms with E-state index in [2.05, 4.69) is 180 Å². The van der Waals surface area contributed by atoms with Crippen LogP contribution < -0.4 is 0 Å². The van der Waals surface area contributed by atoms with Gasteiger partial charge in [0.2, 0.25) is 0 Å². The van der Waals surface area contributed by atoms with E-state index in [4.69, 9.17) is 37.0 Å². The van der Waals surface area contributed by atoms with Gasteiger partial charge in [-0.3, -0.25) is 37.3 Å². The van der Waals surface area contributed by atoms with Crippen molar-refractivity contribution in [1.29, 1.82) is 0 Å². The van der Waals surface area contributed by atoms with Crippen LogP contribution in [0.3, 0.4) is 0 Å². The largest absolute Gasteiger partial charge is 0.472 e. The molecule has 0 aromatic rings. The van der Waals surface area contributed by atoms with Gasteiger partial charge >= 0.3 is 39.5 Å². The maximum atomic E-state index is 13.1.